The summed E-state index contributed by atoms with van der Waals surface area (Å²) in [6.07, 6.45) is -3.88. The molecule has 36 heavy (non-hydrogen) atoms. The van der Waals surface area contributed by atoms with Crippen LogP contribution in [0.1, 0.15) is 48.1 Å². The van der Waals surface area contributed by atoms with E-state index in [4.69, 9.17) is 9.84 Å². The molecule has 1 fully saturated rings. The fourth-order valence-electron chi connectivity index (χ4n) is 4.96. The monoisotopic (exact) mass is 527 g/mol. The Balaban J connectivity index is 1.49. The molecular formula is C25H32F3N3O4S. The van der Waals surface area contributed by atoms with E-state index >= 15 is 0 Å². The molecule has 4 N–H and O–H groups in total. The zero-order valence-electron chi connectivity index (χ0n) is 19.8. The van der Waals surface area contributed by atoms with Gasteiger partial charge in [0, 0.05) is 30.3 Å². The number of aliphatic hydroxyl groups excluding tert-OH is 1. The quantitative estimate of drug-likeness (QED) is 0.353. The topological polar surface area (TPSA) is 99.7 Å². The highest BCUT2D eigenvalue weighted by Gasteiger charge is 2.43. The summed E-state index contributed by atoms with van der Waals surface area (Å²) in [5.74, 6) is -0.170. The van der Waals surface area contributed by atoms with Crippen LogP contribution in [0.2, 0.25) is 0 Å². The molecule has 4 rings (SSSR count). The molecule has 0 aliphatic carbocycles. The standard InChI is InChI=1S/C25H32F3N3O4S/c26-25(27,28)18-7-10-22-21(15-18)24-20(23(31-22)17-5-2-1-3-6-17)9-8-19(35-24)16-30-36(33,34)14-4-11-29-12-13-32/h1-3,5-7,10,15,19-20,23-24,29-32H,4,8-9,11-14,16H2/t19-,20+,23+,24+/m1/s1. The normalized spacial score (nSPS) is 24.0. The summed E-state index contributed by atoms with van der Waals surface area (Å²) in [6.45, 7) is 0.924. The van der Waals surface area contributed by atoms with E-state index in [1.165, 1.54) is 6.07 Å². The highest BCUT2D eigenvalue weighted by molar-refractivity contribution is 7.89. The lowest BCUT2D eigenvalue weighted by Crippen LogP contribution is -2.43. The minimum atomic E-state index is -4.48. The van der Waals surface area contributed by atoms with Gasteiger partial charge in [-0.25, -0.2) is 13.1 Å². The lowest BCUT2D eigenvalue weighted by atomic mass is 9.76. The van der Waals surface area contributed by atoms with Gasteiger partial charge >= 0.3 is 6.18 Å². The molecule has 2 heterocycles. The van der Waals surface area contributed by atoms with Crippen molar-refractivity contribution in [3.8, 4) is 0 Å². The van der Waals surface area contributed by atoms with Gasteiger partial charge in [0.1, 0.15) is 0 Å². The number of nitrogens with one attached hydrogen (secondary N) is 3. The number of hydrogen-bond acceptors (Lipinski definition) is 6. The molecule has 2 aliphatic rings. The molecule has 2 aromatic carbocycles. The molecule has 0 aromatic heterocycles. The Morgan fingerprint density at radius 2 is 1.86 bits per heavy atom. The van der Waals surface area contributed by atoms with Crippen LogP contribution in [0, 0.1) is 5.92 Å². The minimum Gasteiger partial charge on any atom is -0.395 e. The average Bonchev–Trinajstić information content (AvgIpc) is 2.86. The number of fused-ring (bicyclic) bond motifs is 3. The van der Waals surface area contributed by atoms with Crippen LogP contribution >= 0.6 is 0 Å². The van der Waals surface area contributed by atoms with Crippen LogP contribution in [0.3, 0.4) is 0 Å². The first-order valence-electron chi connectivity index (χ1n) is 12.1. The Morgan fingerprint density at radius 3 is 2.58 bits per heavy atom. The lowest BCUT2D eigenvalue weighted by Gasteiger charge is -2.46. The van der Waals surface area contributed by atoms with Gasteiger partial charge in [-0.05, 0) is 49.6 Å². The van der Waals surface area contributed by atoms with E-state index in [9.17, 15) is 21.6 Å². The van der Waals surface area contributed by atoms with Crippen molar-refractivity contribution in [3.63, 3.8) is 0 Å². The van der Waals surface area contributed by atoms with E-state index in [1.807, 2.05) is 30.3 Å². The van der Waals surface area contributed by atoms with Gasteiger partial charge < -0.3 is 20.5 Å². The van der Waals surface area contributed by atoms with Crippen LogP contribution < -0.4 is 15.4 Å². The van der Waals surface area contributed by atoms with Crippen molar-refractivity contribution in [1.29, 1.82) is 0 Å². The summed E-state index contributed by atoms with van der Waals surface area (Å²) in [5.41, 5.74) is 1.33. The van der Waals surface area contributed by atoms with Crippen molar-refractivity contribution >= 4 is 15.7 Å². The maximum Gasteiger partial charge on any atom is 0.416 e. The Hall–Kier alpha value is -2.18. The average molecular weight is 528 g/mol. The fourth-order valence-corrected chi connectivity index (χ4v) is 6.06. The van der Waals surface area contributed by atoms with Gasteiger partial charge in [-0.15, -0.1) is 0 Å². The van der Waals surface area contributed by atoms with Gasteiger partial charge in [-0.2, -0.15) is 13.2 Å². The van der Waals surface area contributed by atoms with E-state index in [1.54, 1.807) is 0 Å². The number of alkyl halides is 3. The summed E-state index contributed by atoms with van der Waals surface area (Å²) >= 11 is 0. The lowest BCUT2D eigenvalue weighted by molar-refractivity contribution is -0.138. The van der Waals surface area contributed by atoms with Crippen LogP contribution in [0.4, 0.5) is 18.9 Å². The first-order chi connectivity index (χ1) is 17.2. The molecule has 0 bridgehead atoms. The van der Waals surface area contributed by atoms with Crippen molar-refractivity contribution in [3.05, 3.63) is 65.2 Å². The van der Waals surface area contributed by atoms with Gasteiger partial charge in [-0.3, -0.25) is 0 Å². The molecule has 198 valence electrons. The van der Waals surface area contributed by atoms with Gasteiger partial charge in [-0.1, -0.05) is 30.3 Å². The zero-order valence-corrected chi connectivity index (χ0v) is 20.6. The molecule has 7 nitrogen and oxygen atoms in total. The number of ether oxygens (including phenoxy) is 1. The van der Waals surface area contributed by atoms with E-state index in [2.05, 4.69) is 15.4 Å². The van der Waals surface area contributed by atoms with Crippen LogP contribution in [-0.4, -0.2) is 51.6 Å². The van der Waals surface area contributed by atoms with Crippen molar-refractivity contribution < 1.29 is 31.4 Å². The first kappa shape index (κ1) is 26.9. The van der Waals surface area contributed by atoms with Crippen LogP contribution in [0.5, 0.6) is 0 Å². The van der Waals surface area contributed by atoms with Gasteiger partial charge in [0.25, 0.3) is 0 Å². The van der Waals surface area contributed by atoms with Crippen LogP contribution in [0.15, 0.2) is 48.5 Å². The Bertz CT molecular complexity index is 1120. The van der Waals surface area contributed by atoms with Crippen molar-refractivity contribution in [2.45, 2.75) is 43.7 Å². The van der Waals surface area contributed by atoms with E-state index in [-0.39, 0.29) is 30.9 Å². The van der Waals surface area contributed by atoms with Crippen molar-refractivity contribution in [1.82, 2.24) is 10.0 Å². The summed E-state index contributed by atoms with van der Waals surface area (Å²) in [7, 11) is -3.53. The third-order valence-corrected chi connectivity index (χ3v) is 8.15. The number of rotatable bonds is 10. The second kappa shape index (κ2) is 11.5. The molecule has 0 amide bonds. The highest BCUT2D eigenvalue weighted by atomic mass is 32.2. The van der Waals surface area contributed by atoms with Gasteiger partial charge in [0.2, 0.25) is 10.0 Å². The highest BCUT2D eigenvalue weighted by Crippen LogP contribution is 2.51. The summed E-state index contributed by atoms with van der Waals surface area (Å²) in [6, 6.07) is 13.3. The zero-order chi connectivity index (χ0) is 25.8. The SMILES string of the molecule is O=S(=O)(CCCNCCO)NC[C@H]1CC[C@@H]2[C@H](O1)c1cc(C(F)(F)F)ccc1N[C@H]2c1ccccc1. The van der Waals surface area contributed by atoms with Crippen LogP contribution in [0.25, 0.3) is 0 Å². The second-order valence-corrected chi connectivity index (χ2v) is 11.2. The Morgan fingerprint density at radius 1 is 1.08 bits per heavy atom. The molecule has 1 saturated heterocycles. The van der Waals surface area contributed by atoms with Gasteiger partial charge in [0.05, 0.1) is 36.2 Å². The molecule has 2 aliphatic heterocycles. The predicted molar refractivity (Wildman–Crippen MR) is 131 cm³/mol. The Kier molecular flexibility index (Phi) is 8.56. The summed E-state index contributed by atoms with van der Waals surface area (Å²) < 4.78 is 74.1. The third-order valence-electron chi connectivity index (χ3n) is 6.72. The maximum absolute atomic E-state index is 13.5. The summed E-state index contributed by atoms with van der Waals surface area (Å²) in [5, 5.41) is 15.1. The predicted octanol–water partition coefficient (Wildman–Crippen LogP) is 3.60. The van der Waals surface area contributed by atoms with Crippen molar-refractivity contribution in [2.24, 2.45) is 5.92 Å². The molecule has 0 radical (unpaired) electrons. The first-order valence-corrected chi connectivity index (χ1v) is 13.8. The van der Waals surface area contributed by atoms with E-state index < -0.39 is 34.0 Å². The van der Waals surface area contributed by atoms with Crippen molar-refractivity contribution in [2.75, 3.05) is 37.3 Å². The molecule has 11 heteroatoms. The maximum atomic E-state index is 13.5. The number of hydrogen-bond donors (Lipinski definition) is 4. The molecule has 0 saturated carbocycles. The second-order valence-electron chi connectivity index (χ2n) is 9.25. The number of anilines is 1. The van der Waals surface area contributed by atoms with Gasteiger partial charge in [0.15, 0.2) is 0 Å². The smallest absolute Gasteiger partial charge is 0.395 e. The van der Waals surface area contributed by atoms with E-state index in [0.29, 0.717) is 43.6 Å². The summed E-state index contributed by atoms with van der Waals surface area (Å²) in [4.78, 5) is 0. The van der Waals surface area contributed by atoms with Crippen LogP contribution in [-0.2, 0) is 20.9 Å². The number of sulfonamides is 1. The molecule has 0 spiro atoms. The molecule has 0 unspecified atom stereocenters. The molecule has 4 atom stereocenters. The minimum absolute atomic E-state index is 0.0135. The molecule has 2 aromatic rings. The number of benzene rings is 2. The third kappa shape index (κ3) is 6.57. The number of halogens is 3. The van der Waals surface area contributed by atoms with E-state index in [0.717, 1.165) is 17.7 Å². The molecular weight excluding hydrogens is 495 g/mol. The number of aliphatic hydroxyl groups is 1. The Labute approximate surface area is 209 Å². The fraction of sp³-hybridized carbons (Fsp3) is 0.520. The largest absolute Gasteiger partial charge is 0.416 e.